The van der Waals surface area contributed by atoms with Crippen LogP contribution in [0.3, 0.4) is 0 Å². The van der Waals surface area contributed by atoms with Crippen LogP contribution in [0.5, 0.6) is 0 Å². The Morgan fingerprint density at radius 3 is 2.80 bits per heavy atom. The molecule has 0 bridgehead atoms. The van der Waals surface area contributed by atoms with Crippen LogP contribution in [-0.4, -0.2) is 28.7 Å². The highest BCUT2D eigenvalue weighted by molar-refractivity contribution is 7.10. The summed E-state index contributed by atoms with van der Waals surface area (Å²) in [6.07, 6.45) is -1.20. The van der Waals surface area contributed by atoms with Crippen molar-refractivity contribution in [2.24, 2.45) is 5.73 Å². The van der Waals surface area contributed by atoms with Crippen molar-refractivity contribution in [3.63, 3.8) is 0 Å². The lowest BCUT2D eigenvalue weighted by Gasteiger charge is -2.11. The lowest BCUT2D eigenvalue weighted by Crippen LogP contribution is -2.28. The number of carbonyl (C=O) groups is 1. The zero-order valence-electron chi connectivity index (χ0n) is 7.73. The van der Waals surface area contributed by atoms with Gasteiger partial charge in [-0.05, 0) is 6.07 Å². The molecule has 0 aliphatic rings. The molecule has 0 aliphatic carbocycles. The number of nitrogens with two attached hydrogens (primary N) is 1. The minimum Gasteiger partial charge on any atom is -0.465 e. The third kappa shape index (κ3) is 2.93. The fraction of sp³-hybridized carbons (Fsp3) is 0.250. The van der Waals surface area contributed by atoms with Gasteiger partial charge in [-0.3, -0.25) is 5.41 Å². The second kappa shape index (κ2) is 4.76. The lowest BCUT2D eigenvalue weighted by molar-refractivity contribution is 0.178. The molecule has 0 fully saturated rings. The topological polar surface area (TPSA) is 119 Å². The summed E-state index contributed by atoms with van der Waals surface area (Å²) < 4.78 is 0. The fourth-order valence-corrected chi connectivity index (χ4v) is 1.98. The molecular weight excluding hydrogens is 218 g/mol. The molecule has 0 spiro atoms. The van der Waals surface area contributed by atoms with Gasteiger partial charge in [-0.1, -0.05) is 0 Å². The average Bonchev–Trinajstić information content (AvgIpc) is 2.62. The first-order chi connectivity index (χ1) is 7.04. The Bertz CT molecular complexity index is 377. The van der Waals surface area contributed by atoms with Gasteiger partial charge >= 0.3 is 6.09 Å². The molecule has 15 heavy (non-hydrogen) atoms. The standard InChI is InChI=1S/C8H11N3O3S/c9-7(10)4-1-6(15-3-4)5(2-12)11-8(13)14/h1,3,5,11-12H,2H2,(H3,9,10)(H,13,14)/t5-/m0/s1. The maximum absolute atomic E-state index is 10.4. The monoisotopic (exact) mass is 229 g/mol. The second-order valence-electron chi connectivity index (χ2n) is 2.84. The molecule has 0 saturated heterocycles. The molecule has 1 aromatic heterocycles. The van der Waals surface area contributed by atoms with Crippen LogP contribution < -0.4 is 11.1 Å². The Morgan fingerprint density at radius 1 is 1.73 bits per heavy atom. The number of aliphatic hydroxyl groups excluding tert-OH is 1. The van der Waals surface area contributed by atoms with Gasteiger partial charge < -0.3 is 21.3 Å². The number of rotatable bonds is 4. The molecule has 0 radical (unpaired) electrons. The van der Waals surface area contributed by atoms with E-state index < -0.39 is 12.1 Å². The smallest absolute Gasteiger partial charge is 0.405 e. The van der Waals surface area contributed by atoms with Gasteiger partial charge in [0.15, 0.2) is 0 Å². The van der Waals surface area contributed by atoms with Gasteiger partial charge in [0.2, 0.25) is 0 Å². The highest BCUT2D eigenvalue weighted by atomic mass is 32.1. The predicted molar refractivity (Wildman–Crippen MR) is 56.3 cm³/mol. The molecule has 6 nitrogen and oxygen atoms in total. The molecule has 6 N–H and O–H groups in total. The number of nitrogens with one attached hydrogen (secondary N) is 2. The van der Waals surface area contributed by atoms with E-state index in [1.807, 2.05) is 0 Å². The molecule has 1 aromatic rings. The maximum atomic E-state index is 10.4. The predicted octanol–water partition coefficient (Wildman–Crippen LogP) is 0.333. The fourth-order valence-electron chi connectivity index (χ4n) is 1.03. The van der Waals surface area contributed by atoms with Crippen molar-refractivity contribution in [3.05, 3.63) is 21.9 Å². The van der Waals surface area contributed by atoms with Gasteiger partial charge in [-0.25, -0.2) is 4.79 Å². The molecule has 0 aromatic carbocycles. The van der Waals surface area contributed by atoms with E-state index in [9.17, 15) is 4.79 Å². The van der Waals surface area contributed by atoms with Crippen molar-refractivity contribution in [2.75, 3.05) is 6.61 Å². The third-order valence-electron chi connectivity index (χ3n) is 1.75. The number of thiophene rings is 1. The Balaban J connectivity index is 2.83. The summed E-state index contributed by atoms with van der Waals surface area (Å²) in [6, 6.07) is 0.921. The lowest BCUT2D eigenvalue weighted by atomic mass is 10.2. The van der Waals surface area contributed by atoms with E-state index in [1.54, 1.807) is 11.4 Å². The number of hydrogen-bond donors (Lipinski definition) is 5. The van der Waals surface area contributed by atoms with E-state index in [0.29, 0.717) is 10.4 Å². The van der Waals surface area contributed by atoms with Crippen molar-refractivity contribution < 1.29 is 15.0 Å². The van der Waals surface area contributed by atoms with Crippen LogP contribution in [-0.2, 0) is 0 Å². The summed E-state index contributed by atoms with van der Waals surface area (Å²) in [5, 5.41) is 28.5. The van der Waals surface area contributed by atoms with Gasteiger partial charge in [-0.2, -0.15) is 0 Å². The SMILES string of the molecule is N=C(N)c1csc([C@H](CO)NC(=O)O)c1. The van der Waals surface area contributed by atoms with Crippen LogP contribution >= 0.6 is 11.3 Å². The molecule has 1 rings (SSSR count). The molecule has 7 heteroatoms. The van der Waals surface area contributed by atoms with E-state index in [4.69, 9.17) is 21.4 Å². The van der Waals surface area contributed by atoms with E-state index in [2.05, 4.69) is 5.32 Å². The number of amides is 1. The van der Waals surface area contributed by atoms with Gasteiger partial charge in [0.05, 0.1) is 12.6 Å². The van der Waals surface area contributed by atoms with Gasteiger partial charge in [0.25, 0.3) is 0 Å². The third-order valence-corrected chi connectivity index (χ3v) is 2.80. The molecule has 1 atom stereocenters. The second-order valence-corrected chi connectivity index (χ2v) is 3.78. The molecule has 1 heterocycles. The van der Waals surface area contributed by atoms with Crippen LogP contribution in [0.2, 0.25) is 0 Å². The first-order valence-electron chi connectivity index (χ1n) is 4.07. The molecule has 82 valence electrons. The Hall–Kier alpha value is -1.60. The van der Waals surface area contributed by atoms with Crippen LogP contribution in [0.1, 0.15) is 16.5 Å². The summed E-state index contributed by atoms with van der Waals surface area (Å²) in [5.74, 6) is -0.0792. The van der Waals surface area contributed by atoms with Crippen molar-refractivity contribution in [3.8, 4) is 0 Å². The minimum atomic E-state index is -1.20. The van der Waals surface area contributed by atoms with E-state index in [0.717, 1.165) is 0 Å². The highest BCUT2D eigenvalue weighted by Crippen LogP contribution is 2.21. The number of carboxylic acid groups (broad SMARTS) is 1. The normalized spacial score (nSPS) is 12.1. The van der Waals surface area contributed by atoms with E-state index in [1.165, 1.54) is 11.3 Å². The van der Waals surface area contributed by atoms with Crippen LogP contribution in [0.15, 0.2) is 11.4 Å². The molecular formula is C8H11N3O3S. The van der Waals surface area contributed by atoms with Gasteiger partial charge in [0, 0.05) is 15.8 Å². The minimum absolute atomic E-state index is 0.0792. The summed E-state index contributed by atoms with van der Waals surface area (Å²) >= 11 is 1.25. The van der Waals surface area contributed by atoms with Crippen LogP contribution in [0.25, 0.3) is 0 Å². The summed E-state index contributed by atoms with van der Waals surface area (Å²) in [7, 11) is 0. The number of amidine groups is 1. The molecule has 1 amide bonds. The summed E-state index contributed by atoms with van der Waals surface area (Å²) in [6.45, 7) is -0.329. The maximum Gasteiger partial charge on any atom is 0.405 e. The average molecular weight is 229 g/mol. The highest BCUT2D eigenvalue weighted by Gasteiger charge is 2.15. The largest absolute Gasteiger partial charge is 0.465 e. The first-order valence-corrected chi connectivity index (χ1v) is 4.95. The number of nitrogen functional groups attached to an aromatic ring is 1. The molecule has 0 saturated carbocycles. The molecule has 0 aliphatic heterocycles. The Kier molecular flexibility index (Phi) is 3.64. The summed E-state index contributed by atoms with van der Waals surface area (Å²) in [4.78, 5) is 11.0. The zero-order chi connectivity index (χ0) is 11.4. The summed E-state index contributed by atoms with van der Waals surface area (Å²) in [5.41, 5.74) is 5.79. The van der Waals surface area contributed by atoms with Crippen molar-refractivity contribution in [1.82, 2.24) is 5.32 Å². The van der Waals surface area contributed by atoms with Crippen molar-refractivity contribution in [2.45, 2.75) is 6.04 Å². The van der Waals surface area contributed by atoms with Crippen molar-refractivity contribution >= 4 is 23.3 Å². The zero-order valence-corrected chi connectivity index (χ0v) is 8.54. The van der Waals surface area contributed by atoms with E-state index >= 15 is 0 Å². The molecule has 0 unspecified atom stereocenters. The van der Waals surface area contributed by atoms with Gasteiger partial charge in [-0.15, -0.1) is 11.3 Å². The van der Waals surface area contributed by atoms with Crippen molar-refractivity contribution in [1.29, 1.82) is 5.41 Å². The van der Waals surface area contributed by atoms with Crippen LogP contribution in [0, 0.1) is 5.41 Å². The first kappa shape index (κ1) is 11.5. The Labute approximate surface area is 89.9 Å². The van der Waals surface area contributed by atoms with Gasteiger partial charge in [0.1, 0.15) is 5.84 Å². The quantitative estimate of drug-likeness (QED) is 0.377. The van der Waals surface area contributed by atoms with Crippen LogP contribution in [0.4, 0.5) is 4.79 Å². The number of hydrogen-bond acceptors (Lipinski definition) is 4. The Morgan fingerprint density at radius 2 is 2.40 bits per heavy atom. The number of aliphatic hydroxyl groups is 1. The van der Waals surface area contributed by atoms with E-state index in [-0.39, 0.29) is 12.4 Å².